The average Bonchev–Trinajstić information content (AvgIpc) is 3.10. The Balaban J connectivity index is 1.73. The Hall–Kier alpha value is -1.36. The van der Waals surface area contributed by atoms with Crippen LogP contribution in [0, 0.1) is 0 Å². The van der Waals surface area contributed by atoms with Gasteiger partial charge in [0.2, 0.25) is 0 Å². The Labute approximate surface area is 115 Å². The molecule has 2 fully saturated rings. The van der Waals surface area contributed by atoms with Gasteiger partial charge in [0.25, 0.3) is 0 Å². The predicted octanol–water partition coefficient (Wildman–Crippen LogP) is 1.22. The van der Waals surface area contributed by atoms with Crippen molar-refractivity contribution in [3.05, 3.63) is 12.4 Å². The molecule has 0 aliphatic carbocycles. The van der Waals surface area contributed by atoms with Gasteiger partial charge in [0, 0.05) is 38.3 Å². The molecule has 0 saturated carbocycles. The largest absolute Gasteiger partial charge is 0.356 e. The number of hydrogen-bond donors (Lipinski definition) is 0. The Morgan fingerprint density at radius 2 is 1.74 bits per heavy atom. The van der Waals surface area contributed by atoms with Gasteiger partial charge in [-0.15, -0.1) is 0 Å². The van der Waals surface area contributed by atoms with Crippen LogP contribution in [-0.2, 0) is 0 Å². The molecule has 3 rings (SSSR count). The van der Waals surface area contributed by atoms with Crippen molar-refractivity contribution in [3.8, 4) is 0 Å². The molecule has 2 saturated heterocycles. The molecule has 0 spiro atoms. The Morgan fingerprint density at radius 3 is 2.37 bits per heavy atom. The second-order valence-electron chi connectivity index (χ2n) is 5.78. The zero-order valence-electron chi connectivity index (χ0n) is 11.9. The minimum atomic E-state index is 0.644. The van der Waals surface area contributed by atoms with E-state index in [4.69, 9.17) is 0 Å². The molecule has 0 radical (unpaired) electrons. The van der Waals surface area contributed by atoms with Gasteiger partial charge in [-0.1, -0.05) is 0 Å². The van der Waals surface area contributed by atoms with Gasteiger partial charge in [-0.25, -0.2) is 9.97 Å². The van der Waals surface area contributed by atoms with Crippen molar-refractivity contribution in [2.24, 2.45) is 0 Å². The van der Waals surface area contributed by atoms with E-state index >= 15 is 0 Å². The molecule has 104 valence electrons. The third-order valence-electron chi connectivity index (χ3n) is 4.29. The lowest BCUT2D eigenvalue weighted by Gasteiger charge is -2.22. The maximum Gasteiger partial charge on any atom is 0.134 e. The summed E-state index contributed by atoms with van der Waals surface area (Å²) >= 11 is 0. The molecular weight excluding hydrogens is 238 g/mol. The van der Waals surface area contributed by atoms with E-state index in [1.54, 1.807) is 6.33 Å². The molecule has 2 aliphatic rings. The third-order valence-corrected chi connectivity index (χ3v) is 4.29. The fourth-order valence-corrected chi connectivity index (χ4v) is 3.00. The van der Waals surface area contributed by atoms with Crippen molar-refractivity contribution in [2.75, 3.05) is 50.1 Å². The number of likely N-dealkylation sites (N-methyl/N-ethyl adjacent to an activating group) is 1. The van der Waals surface area contributed by atoms with Gasteiger partial charge in [0.1, 0.15) is 18.0 Å². The number of anilines is 2. The van der Waals surface area contributed by atoms with Crippen LogP contribution in [0.3, 0.4) is 0 Å². The van der Waals surface area contributed by atoms with Crippen LogP contribution < -0.4 is 9.80 Å². The molecule has 0 amide bonds. The Kier molecular flexibility index (Phi) is 3.55. The summed E-state index contributed by atoms with van der Waals surface area (Å²) in [5.74, 6) is 2.18. The lowest BCUT2D eigenvalue weighted by molar-refractivity contribution is 0.315. The number of nitrogens with zero attached hydrogens (tertiary/aromatic N) is 5. The van der Waals surface area contributed by atoms with Crippen LogP contribution in [0.1, 0.15) is 19.3 Å². The van der Waals surface area contributed by atoms with E-state index in [1.165, 1.54) is 19.3 Å². The summed E-state index contributed by atoms with van der Waals surface area (Å²) in [6, 6.07) is 2.80. The maximum absolute atomic E-state index is 4.46. The quantitative estimate of drug-likeness (QED) is 0.817. The molecule has 19 heavy (non-hydrogen) atoms. The first kappa shape index (κ1) is 12.7. The van der Waals surface area contributed by atoms with Crippen LogP contribution in [0.5, 0.6) is 0 Å². The minimum Gasteiger partial charge on any atom is -0.356 e. The van der Waals surface area contributed by atoms with Gasteiger partial charge < -0.3 is 14.7 Å². The summed E-state index contributed by atoms with van der Waals surface area (Å²) in [4.78, 5) is 15.9. The van der Waals surface area contributed by atoms with E-state index in [-0.39, 0.29) is 0 Å². The van der Waals surface area contributed by atoms with Crippen LogP contribution >= 0.6 is 0 Å². The first-order valence-corrected chi connectivity index (χ1v) is 7.22. The standard InChI is InChI=1S/C14H23N5/c1-17(2)12-5-8-19(10-12)14-9-13(15-11-16-14)18-6-3-4-7-18/h9,11-12H,3-8,10H2,1-2H3. The predicted molar refractivity (Wildman–Crippen MR) is 77.8 cm³/mol. The summed E-state index contributed by atoms with van der Waals surface area (Å²) in [5.41, 5.74) is 0. The summed E-state index contributed by atoms with van der Waals surface area (Å²) in [7, 11) is 4.31. The van der Waals surface area contributed by atoms with Gasteiger partial charge in [-0.05, 0) is 33.4 Å². The molecule has 5 nitrogen and oxygen atoms in total. The van der Waals surface area contributed by atoms with Crippen molar-refractivity contribution in [2.45, 2.75) is 25.3 Å². The van der Waals surface area contributed by atoms with Crippen LogP contribution in [0.25, 0.3) is 0 Å². The minimum absolute atomic E-state index is 0.644. The highest BCUT2D eigenvalue weighted by atomic mass is 15.3. The SMILES string of the molecule is CN(C)C1CCN(c2cc(N3CCCC3)ncn2)C1. The van der Waals surface area contributed by atoms with Crippen LogP contribution in [-0.4, -0.2) is 61.2 Å². The van der Waals surface area contributed by atoms with Crippen LogP contribution in [0.15, 0.2) is 12.4 Å². The smallest absolute Gasteiger partial charge is 0.134 e. The highest BCUT2D eigenvalue weighted by Gasteiger charge is 2.25. The molecule has 0 aromatic carbocycles. The lowest BCUT2D eigenvalue weighted by atomic mass is 10.2. The van der Waals surface area contributed by atoms with Crippen molar-refractivity contribution in [1.82, 2.24) is 14.9 Å². The van der Waals surface area contributed by atoms with Crippen LogP contribution in [0.2, 0.25) is 0 Å². The number of aromatic nitrogens is 2. The highest BCUT2D eigenvalue weighted by Crippen LogP contribution is 2.24. The second kappa shape index (κ2) is 5.33. The zero-order chi connectivity index (χ0) is 13.2. The molecule has 1 unspecified atom stereocenters. The zero-order valence-corrected chi connectivity index (χ0v) is 11.9. The highest BCUT2D eigenvalue weighted by molar-refractivity contribution is 5.51. The summed E-state index contributed by atoms with van der Waals surface area (Å²) in [6.07, 6.45) is 5.50. The van der Waals surface area contributed by atoms with E-state index < -0.39 is 0 Å². The maximum atomic E-state index is 4.46. The van der Waals surface area contributed by atoms with Crippen molar-refractivity contribution in [3.63, 3.8) is 0 Å². The summed E-state index contributed by atoms with van der Waals surface area (Å²) < 4.78 is 0. The molecule has 1 aromatic rings. The molecule has 5 heteroatoms. The molecule has 3 heterocycles. The van der Waals surface area contributed by atoms with E-state index in [2.05, 4.69) is 44.8 Å². The number of rotatable bonds is 3. The number of hydrogen-bond acceptors (Lipinski definition) is 5. The summed E-state index contributed by atoms with van der Waals surface area (Å²) in [5, 5.41) is 0. The van der Waals surface area contributed by atoms with Gasteiger partial charge in [0.15, 0.2) is 0 Å². The van der Waals surface area contributed by atoms with E-state index in [1.807, 2.05) is 0 Å². The molecule has 0 bridgehead atoms. The Morgan fingerprint density at radius 1 is 1.05 bits per heavy atom. The third kappa shape index (κ3) is 2.66. The van der Waals surface area contributed by atoms with Gasteiger partial charge in [-0.2, -0.15) is 0 Å². The van der Waals surface area contributed by atoms with Crippen LogP contribution in [0.4, 0.5) is 11.6 Å². The normalized spacial score (nSPS) is 23.6. The van der Waals surface area contributed by atoms with E-state index in [0.29, 0.717) is 6.04 Å². The molecule has 2 aliphatic heterocycles. The first-order valence-electron chi connectivity index (χ1n) is 7.22. The van der Waals surface area contributed by atoms with Gasteiger partial charge in [-0.3, -0.25) is 0 Å². The fourth-order valence-electron chi connectivity index (χ4n) is 3.00. The lowest BCUT2D eigenvalue weighted by Crippen LogP contribution is -2.31. The molecule has 1 aromatic heterocycles. The summed E-state index contributed by atoms with van der Waals surface area (Å²) in [6.45, 7) is 4.44. The van der Waals surface area contributed by atoms with E-state index in [0.717, 1.165) is 37.8 Å². The topological polar surface area (TPSA) is 35.5 Å². The van der Waals surface area contributed by atoms with E-state index in [9.17, 15) is 0 Å². The van der Waals surface area contributed by atoms with Crippen molar-refractivity contribution >= 4 is 11.6 Å². The molecule has 1 atom stereocenters. The molecular formula is C14H23N5. The fraction of sp³-hybridized carbons (Fsp3) is 0.714. The molecule has 0 N–H and O–H groups in total. The van der Waals surface area contributed by atoms with Gasteiger partial charge in [0.05, 0.1) is 0 Å². The monoisotopic (exact) mass is 261 g/mol. The average molecular weight is 261 g/mol. The van der Waals surface area contributed by atoms with Crippen molar-refractivity contribution in [1.29, 1.82) is 0 Å². The second-order valence-corrected chi connectivity index (χ2v) is 5.78. The first-order chi connectivity index (χ1) is 9.24. The van der Waals surface area contributed by atoms with Crippen molar-refractivity contribution < 1.29 is 0 Å². The Bertz CT molecular complexity index is 428. The van der Waals surface area contributed by atoms with Gasteiger partial charge >= 0.3 is 0 Å².